The molecule has 1 atom stereocenters. The fourth-order valence-electron chi connectivity index (χ4n) is 2.14. The summed E-state index contributed by atoms with van der Waals surface area (Å²) in [5.41, 5.74) is 6.15. The predicted molar refractivity (Wildman–Crippen MR) is 105 cm³/mol. The third kappa shape index (κ3) is 4.94. The molecule has 0 saturated carbocycles. The van der Waals surface area contributed by atoms with Crippen LogP contribution in [0.5, 0.6) is 0 Å². The molecular weight excluding hydrogens is 377 g/mol. The molecule has 26 heavy (non-hydrogen) atoms. The molecule has 0 spiro atoms. The SMILES string of the molecule is CC(c1nc(N)nc(N(C)C)n1)N(C)CC(=O)Nc1c(Cl)cccc1Cl. The molecule has 1 aromatic heterocycles. The Labute approximate surface area is 162 Å². The summed E-state index contributed by atoms with van der Waals surface area (Å²) in [5, 5.41) is 3.48. The van der Waals surface area contributed by atoms with E-state index in [1.807, 2.05) is 21.0 Å². The first-order chi connectivity index (χ1) is 12.2. The molecule has 1 heterocycles. The summed E-state index contributed by atoms with van der Waals surface area (Å²) in [7, 11) is 5.41. The van der Waals surface area contributed by atoms with Gasteiger partial charge in [-0.2, -0.15) is 15.0 Å². The molecule has 0 fully saturated rings. The number of carbonyl (C=O) groups is 1. The highest BCUT2D eigenvalue weighted by molar-refractivity contribution is 6.39. The molecule has 2 rings (SSSR count). The number of nitrogens with one attached hydrogen (secondary N) is 1. The van der Waals surface area contributed by atoms with Gasteiger partial charge in [0.1, 0.15) is 0 Å². The van der Waals surface area contributed by atoms with Gasteiger partial charge in [-0.05, 0) is 26.1 Å². The molecule has 10 heteroatoms. The van der Waals surface area contributed by atoms with Crippen molar-refractivity contribution in [2.75, 3.05) is 43.6 Å². The fourth-order valence-corrected chi connectivity index (χ4v) is 2.63. The summed E-state index contributed by atoms with van der Waals surface area (Å²) in [6, 6.07) is 4.77. The van der Waals surface area contributed by atoms with E-state index in [2.05, 4.69) is 20.3 Å². The Balaban J connectivity index is 2.09. The summed E-state index contributed by atoms with van der Waals surface area (Å²) in [5.74, 6) is 0.808. The van der Waals surface area contributed by atoms with Crippen LogP contribution >= 0.6 is 23.2 Å². The van der Waals surface area contributed by atoms with Crippen molar-refractivity contribution in [3.05, 3.63) is 34.1 Å². The predicted octanol–water partition coefficient (Wildman–Crippen LogP) is 2.46. The Morgan fingerprint density at radius 1 is 1.19 bits per heavy atom. The topological polar surface area (TPSA) is 100 Å². The highest BCUT2D eigenvalue weighted by Crippen LogP contribution is 2.29. The van der Waals surface area contributed by atoms with Crippen molar-refractivity contribution in [2.45, 2.75) is 13.0 Å². The van der Waals surface area contributed by atoms with E-state index in [1.165, 1.54) is 0 Å². The maximum Gasteiger partial charge on any atom is 0.238 e. The average Bonchev–Trinajstić information content (AvgIpc) is 2.57. The maximum absolute atomic E-state index is 12.3. The molecule has 2 aromatic rings. The van der Waals surface area contributed by atoms with Crippen molar-refractivity contribution in [3.8, 4) is 0 Å². The lowest BCUT2D eigenvalue weighted by atomic mass is 10.2. The Hall–Kier alpha value is -2.16. The van der Waals surface area contributed by atoms with E-state index < -0.39 is 0 Å². The average molecular weight is 398 g/mol. The van der Waals surface area contributed by atoms with Crippen LogP contribution in [-0.2, 0) is 4.79 Å². The van der Waals surface area contributed by atoms with Crippen molar-refractivity contribution in [2.24, 2.45) is 0 Å². The van der Waals surface area contributed by atoms with Gasteiger partial charge in [0.15, 0.2) is 5.82 Å². The van der Waals surface area contributed by atoms with Gasteiger partial charge in [-0.1, -0.05) is 29.3 Å². The van der Waals surface area contributed by atoms with Gasteiger partial charge in [0, 0.05) is 14.1 Å². The van der Waals surface area contributed by atoms with Crippen LogP contribution < -0.4 is 16.0 Å². The monoisotopic (exact) mass is 397 g/mol. The summed E-state index contributed by atoms with van der Waals surface area (Å²) in [6.45, 7) is 1.97. The van der Waals surface area contributed by atoms with Crippen LogP contribution in [0, 0.1) is 0 Å². The molecule has 0 saturated heterocycles. The molecule has 0 radical (unpaired) electrons. The standard InChI is InChI=1S/C16H21Cl2N7O/c1-9(14-21-15(19)23-16(22-14)24(2)3)25(4)8-12(26)20-13-10(17)6-5-7-11(13)18/h5-7,9H,8H2,1-4H3,(H,20,26)(H2,19,21,22,23). The van der Waals surface area contributed by atoms with E-state index in [0.717, 1.165) is 0 Å². The molecule has 0 aliphatic rings. The van der Waals surface area contributed by atoms with Gasteiger partial charge in [-0.3, -0.25) is 9.69 Å². The van der Waals surface area contributed by atoms with Gasteiger partial charge in [-0.25, -0.2) is 0 Å². The van der Waals surface area contributed by atoms with Gasteiger partial charge in [0.25, 0.3) is 0 Å². The number of nitrogens with two attached hydrogens (primary N) is 1. The number of amides is 1. The van der Waals surface area contributed by atoms with E-state index in [-0.39, 0.29) is 24.4 Å². The van der Waals surface area contributed by atoms with E-state index in [1.54, 1.807) is 35.0 Å². The highest BCUT2D eigenvalue weighted by Gasteiger charge is 2.20. The number of carbonyl (C=O) groups excluding carboxylic acids is 1. The number of hydrogen-bond donors (Lipinski definition) is 2. The summed E-state index contributed by atoms with van der Waals surface area (Å²) >= 11 is 12.1. The quantitative estimate of drug-likeness (QED) is 0.771. The minimum Gasteiger partial charge on any atom is -0.368 e. The van der Waals surface area contributed by atoms with Crippen molar-refractivity contribution >= 4 is 46.7 Å². The molecule has 1 amide bonds. The second-order valence-corrected chi connectivity index (χ2v) is 6.80. The number of hydrogen-bond acceptors (Lipinski definition) is 7. The number of nitrogens with zero attached hydrogens (tertiary/aromatic N) is 5. The van der Waals surface area contributed by atoms with Crippen molar-refractivity contribution < 1.29 is 4.79 Å². The van der Waals surface area contributed by atoms with Gasteiger partial charge in [-0.15, -0.1) is 0 Å². The molecule has 140 valence electrons. The van der Waals surface area contributed by atoms with Crippen LogP contribution in [-0.4, -0.2) is 53.4 Å². The number of benzene rings is 1. The lowest BCUT2D eigenvalue weighted by Gasteiger charge is -2.24. The lowest BCUT2D eigenvalue weighted by molar-refractivity contribution is -0.117. The Morgan fingerprint density at radius 2 is 1.81 bits per heavy atom. The first kappa shape index (κ1) is 20.2. The van der Waals surface area contributed by atoms with Crippen LogP contribution in [0.3, 0.4) is 0 Å². The first-order valence-electron chi connectivity index (χ1n) is 7.82. The summed E-state index contributed by atoms with van der Waals surface area (Å²) in [4.78, 5) is 28.5. The number of anilines is 3. The van der Waals surface area contributed by atoms with Crippen LogP contribution in [0.4, 0.5) is 17.6 Å². The Morgan fingerprint density at radius 3 is 2.38 bits per heavy atom. The van der Waals surface area contributed by atoms with E-state index in [0.29, 0.717) is 27.5 Å². The van der Waals surface area contributed by atoms with Gasteiger partial charge >= 0.3 is 0 Å². The first-order valence-corrected chi connectivity index (χ1v) is 8.57. The smallest absolute Gasteiger partial charge is 0.238 e. The van der Waals surface area contributed by atoms with E-state index in [9.17, 15) is 4.79 Å². The van der Waals surface area contributed by atoms with Crippen molar-refractivity contribution in [3.63, 3.8) is 0 Å². The number of likely N-dealkylation sites (N-methyl/N-ethyl adjacent to an activating group) is 1. The highest BCUT2D eigenvalue weighted by atomic mass is 35.5. The molecule has 0 bridgehead atoms. The van der Waals surface area contributed by atoms with Gasteiger partial charge < -0.3 is 16.0 Å². The zero-order valence-electron chi connectivity index (χ0n) is 15.0. The molecule has 3 N–H and O–H groups in total. The van der Waals surface area contributed by atoms with E-state index >= 15 is 0 Å². The lowest BCUT2D eigenvalue weighted by Crippen LogP contribution is -2.33. The molecule has 0 aliphatic heterocycles. The number of para-hydroxylation sites is 1. The molecule has 1 unspecified atom stereocenters. The second kappa shape index (κ2) is 8.48. The Kier molecular flexibility index (Phi) is 6.57. The normalized spacial score (nSPS) is 12.1. The summed E-state index contributed by atoms with van der Waals surface area (Å²) in [6.07, 6.45) is 0. The zero-order chi connectivity index (χ0) is 19.4. The third-order valence-electron chi connectivity index (χ3n) is 3.71. The number of nitrogen functional groups attached to an aromatic ring is 1. The molecule has 0 aliphatic carbocycles. The molecule has 8 nitrogen and oxygen atoms in total. The van der Waals surface area contributed by atoms with E-state index in [4.69, 9.17) is 28.9 Å². The van der Waals surface area contributed by atoms with Crippen LogP contribution in [0.1, 0.15) is 18.8 Å². The zero-order valence-corrected chi connectivity index (χ0v) is 16.5. The fraction of sp³-hybridized carbons (Fsp3) is 0.375. The van der Waals surface area contributed by atoms with Crippen LogP contribution in [0.15, 0.2) is 18.2 Å². The van der Waals surface area contributed by atoms with Crippen molar-refractivity contribution in [1.82, 2.24) is 19.9 Å². The van der Waals surface area contributed by atoms with Gasteiger partial charge in [0.05, 0.1) is 28.3 Å². The van der Waals surface area contributed by atoms with Crippen LogP contribution in [0.2, 0.25) is 10.0 Å². The minimum absolute atomic E-state index is 0.0889. The number of aromatic nitrogens is 3. The minimum atomic E-state index is -0.260. The number of halogens is 2. The van der Waals surface area contributed by atoms with Gasteiger partial charge in [0.2, 0.25) is 17.8 Å². The van der Waals surface area contributed by atoms with Crippen molar-refractivity contribution in [1.29, 1.82) is 0 Å². The second-order valence-electron chi connectivity index (χ2n) is 5.98. The Bertz CT molecular complexity index is 780. The summed E-state index contributed by atoms with van der Waals surface area (Å²) < 4.78 is 0. The largest absolute Gasteiger partial charge is 0.368 e. The van der Waals surface area contributed by atoms with Crippen LogP contribution in [0.25, 0.3) is 0 Å². The number of rotatable bonds is 6. The maximum atomic E-state index is 12.3. The third-order valence-corrected chi connectivity index (χ3v) is 4.34. The molecular formula is C16H21Cl2N7O. The molecule has 1 aromatic carbocycles.